The molecule has 0 spiro atoms. The van der Waals surface area contributed by atoms with Gasteiger partial charge in [-0.25, -0.2) is 14.8 Å². The molecule has 0 aromatic carbocycles. The number of rotatable bonds is 4. The number of nitrogens with zero attached hydrogens (tertiary/aromatic N) is 5. The lowest BCUT2D eigenvalue weighted by molar-refractivity contribution is -0.134. The zero-order valence-electron chi connectivity index (χ0n) is 15.3. The van der Waals surface area contributed by atoms with Crippen LogP contribution in [0.25, 0.3) is 0 Å². The minimum absolute atomic E-state index is 0.00870. The van der Waals surface area contributed by atoms with Crippen molar-refractivity contribution >= 4 is 17.2 Å². The summed E-state index contributed by atoms with van der Waals surface area (Å²) in [6, 6.07) is 1.66. The van der Waals surface area contributed by atoms with Gasteiger partial charge in [0.15, 0.2) is 0 Å². The van der Waals surface area contributed by atoms with E-state index in [1.54, 1.807) is 23.6 Å². The number of aryl methyl sites for hydroxylation is 1. The van der Waals surface area contributed by atoms with Crippen LogP contribution in [0, 0.1) is 12.8 Å². The van der Waals surface area contributed by atoms with Gasteiger partial charge in [0.25, 0.3) is 0 Å². The highest BCUT2D eigenvalue weighted by Gasteiger charge is 2.36. The third-order valence-electron chi connectivity index (χ3n) is 5.17. The first-order chi connectivity index (χ1) is 13.1. The van der Waals surface area contributed by atoms with Gasteiger partial charge in [-0.3, -0.25) is 14.3 Å². The standard InChI is InChI=1S/C18H23N5O3S/c1-13-16(27-12-20-13)8-21-5-14-6-23(15(7-21)11-26-10-14)17(24)9-22-4-2-3-19-18(22)25/h2-4,12,14-15H,5-11H2,1H3/t14-,15-/m0/s1. The van der Waals surface area contributed by atoms with E-state index in [1.165, 1.54) is 15.6 Å². The van der Waals surface area contributed by atoms with Crippen LogP contribution >= 0.6 is 11.3 Å². The molecule has 4 rings (SSSR count). The third-order valence-corrected chi connectivity index (χ3v) is 6.09. The summed E-state index contributed by atoms with van der Waals surface area (Å²) in [5, 5.41) is 0. The van der Waals surface area contributed by atoms with E-state index >= 15 is 0 Å². The maximum absolute atomic E-state index is 12.9. The van der Waals surface area contributed by atoms with Gasteiger partial charge in [0.1, 0.15) is 6.54 Å². The van der Waals surface area contributed by atoms with Crippen molar-refractivity contribution in [2.24, 2.45) is 5.92 Å². The Morgan fingerprint density at radius 1 is 1.30 bits per heavy atom. The van der Waals surface area contributed by atoms with Gasteiger partial charge in [-0.2, -0.15) is 0 Å². The zero-order valence-corrected chi connectivity index (χ0v) is 16.1. The Bertz CT molecular complexity index is 866. The van der Waals surface area contributed by atoms with E-state index in [0.29, 0.717) is 19.8 Å². The van der Waals surface area contributed by atoms with Crippen molar-refractivity contribution < 1.29 is 9.53 Å². The van der Waals surface area contributed by atoms with Crippen LogP contribution in [0.5, 0.6) is 0 Å². The van der Waals surface area contributed by atoms with Crippen LogP contribution in [0.2, 0.25) is 0 Å². The van der Waals surface area contributed by atoms with Gasteiger partial charge in [-0.1, -0.05) is 0 Å². The van der Waals surface area contributed by atoms with Crippen LogP contribution in [0.1, 0.15) is 10.6 Å². The van der Waals surface area contributed by atoms with Crippen LogP contribution in [-0.4, -0.2) is 69.1 Å². The molecule has 0 aliphatic carbocycles. The molecular formula is C18H23N5O3S. The molecule has 2 aliphatic heterocycles. The Morgan fingerprint density at radius 3 is 2.96 bits per heavy atom. The number of carbonyl (C=O) groups is 1. The molecule has 0 unspecified atom stereocenters. The highest BCUT2D eigenvalue weighted by Crippen LogP contribution is 2.23. The van der Waals surface area contributed by atoms with Crippen LogP contribution in [-0.2, 0) is 22.6 Å². The molecule has 8 nitrogen and oxygen atoms in total. The molecule has 0 saturated carbocycles. The molecule has 2 fully saturated rings. The van der Waals surface area contributed by atoms with E-state index in [-0.39, 0.29) is 24.4 Å². The van der Waals surface area contributed by atoms with Crippen molar-refractivity contribution in [2.45, 2.75) is 26.1 Å². The van der Waals surface area contributed by atoms with E-state index in [9.17, 15) is 9.59 Å². The summed E-state index contributed by atoms with van der Waals surface area (Å²) in [6.45, 7) is 6.42. The SMILES string of the molecule is Cc1ncsc1CN1C[C@@H]2COC[C@H](C1)N(C(=O)Cn1cccnc1=O)C2. The van der Waals surface area contributed by atoms with Gasteiger partial charge in [0, 0.05) is 49.4 Å². The summed E-state index contributed by atoms with van der Waals surface area (Å²) in [7, 11) is 0. The van der Waals surface area contributed by atoms with Crippen molar-refractivity contribution in [3.05, 3.63) is 45.0 Å². The quantitative estimate of drug-likeness (QED) is 0.752. The Kier molecular flexibility index (Phi) is 5.33. The van der Waals surface area contributed by atoms with Crippen molar-refractivity contribution in [1.82, 2.24) is 24.3 Å². The second kappa shape index (κ2) is 7.87. The van der Waals surface area contributed by atoms with E-state index in [0.717, 1.165) is 25.3 Å². The minimum atomic E-state index is -0.401. The minimum Gasteiger partial charge on any atom is -0.379 e. The average Bonchev–Trinajstić information content (AvgIpc) is 2.84. The molecule has 2 aromatic rings. The molecule has 0 radical (unpaired) electrons. The smallest absolute Gasteiger partial charge is 0.347 e. The predicted octanol–water partition coefficient (Wildman–Crippen LogP) is 0.368. The molecule has 144 valence electrons. The number of hydrogen-bond donors (Lipinski definition) is 0. The van der Waals surface area contributed by atoms with Crippen LogP contribution in [0.15, 0.2) is 28.8 Å². The van der Waals surface area contributed by atoms with E-state index in [4.69, 9.17) is 4.74 Å². The van der Waals surface area contributed by atoms with Gasteiger partial charge < -0.3 is 9.64 Å². The van der Waals surface area contributed by atoms with Crippen LogP contribution in [0.3, 0.4) is 0 Å². The normalized spacial score (nSPS) is 23.2. The molecule has 0 N–H and O–H groups in total. The second-order valence-electron chi connectivity index (χ2n) is 7.19. The first kappa shape index (κ1) is 18.3. The van der Waals surface area contributed by atoms with Crippen molar-refractivity contribution in [3.8, 4) is 0 Å². The molecule has 2 bridgehead atoms. The largest absolute Gasteiger partial charge is 0.379 e. The fraction of sp³-hybridized carbons (Fsp3) is 0.556. The van der Waals surface area contributed by atoms with Gasteiger partial charge in [0.05, 0.1) is 30.5 Å². The number of ether oxygens (including phenoxy) is 1. The van der Waals surface area contributed by atoms with Gasteiger partial charge >= 0.3 is 5.69 Å². The highest BCUT2D eigenvalue weighted by atomic mass is 32.1. The number of aromatic nitrogens is 3. The molecule has 1 amide bonds. The van der Waals surface area contributed by atoms with Gasteiger partial charge in [-0.05, 0) is 13.0 Å². The van der Waals surface area contributed by atoms with Crippen LogP contribution in [0.4, 0.5) is 0 Å². The third kappa shape index (κ3) is 4.10. The molecule has 27 heavy (non-hydrogen) atoms. The lowest BCUT2D eigenvalue weighted by Gasteiger charge is -2.31. The summed E-state index contributed by atoms with van der Waals surface area (Å²) in [5.74, 6) is 0.210. The number of thiazole rings is 1. The lowest BCUT2D eigenvalue weighted by atomic mass is 10.1. The van der Waals surface area contributed by atoms with E-state index in [2.05, 4.69) is 14.9 Å². The molecule has 2 aliphatic rings. The average molecular weight is 389 g/mol. The Labute approximate surface area is 161 Å². The van der Waals surface area contributed by atoms with Gasteiger partial charge in [0.2, 0.25) is 5.91 Å². The van der Waals surface area contributed by atoms with Crippen molar-refractivity contribution in [1.29, 1.82) is 0 Å². The summed E-state index contributed by atoms with van der Waals surface area (Å²) < 4.78 is 7.17. The van der Waals surface area contributed by atoms with Crippen LogP contribution < -0.4 is 5.69 Å². The fourth-order valence-electron chi connectivity index (χ4n) is 3.80. The topological polar surface area (TPSA) is 80.6 Å². The van der Waals surface area contributed by atoms with Gasteiger partial charge in [-0.15, -0.1) is 11.3 Å². The zero-order chi connectivity index (χ0) is 18.8. The molecule has 9 heteroatoms. The fourth-order valence-corrected chi connectivity index (χ4v) is 4.62. The number of hydrogen-bond acceptors (Lipinski definition) is 7. The van der Waals surface area contributed by atoms with E-state index < -0.39 is 5.69 Å². The van der Waals surface area contributed by atoms with Crippen molar-refractivity contribution in [3.63, 3.8) is 0 Å². The Morgan fingerprint density at radius 2 is 2.19 bits per heavy atom. The summed E-state index contributed by atoms with van der Waals surface area (Å²) in [6.07, 6.45) is 3.04. The summed E-state index contributed by atoms with van der Waals surface area (Å²) in [4.78, 5) is 38.4. The highest BCUT2D eigenvalue weighted by molar-refractivity contribution is 7.09. The monoisotopic (exact) mass is 389 g/mol. The number of amides is 1. The first-order valence-corrected chi connectivity index (χ1v) is 9.98. The molecule has 2 atom stereocenters. The number of carbonyl (C=O) groups excluding carboxylic acids is 1. The summed E-state index contributed by atoms with van der Waals surface area (Å²) >= 11 is 1.68. The molecular weight excluding hydrogens is 366 g/mol. The number of fused-ring (bicyclic) bond motifs is 3. The van der Waals surface area contributed by atoms with E-state index in [1.807, 2.05) is 17.3 Å². The second-order valence-corrected chi connectivity index (χ2v) is 8.13. The molecule has 2 aromatic heterocycles. The van der Waals surface area contributed by atoms with Crippen molar-refractivity contribution in [2.75, 3.05) is 32.8 Å². The molecule has 2 saturated heterocycles. The Balaban J connectivity index is 1.49. The maximum Gasteiger partial charge on any atom is 0.347 e. The molecule has 4 heterocycles. The summed E-state index contributed by atoms with van der Waals surface area (Å²) in [5.41, 5.74) is 2.56. The maximum atomic E-state index is 12.9. The predicted molar refractivity (Wildman–Crippen MR) is 100 cm³/mol. The first-order valence-electron chi connectivity index (χ1n) is 9.10. The lowest BCUT2D eigenvalue weighted by Crippen LogP contribution is -2.48. The Hall–Kier alpha value is -2.10.